The third-order valence-corrected chi connectivity index (χ3v) is 3.85. The highest BCUT2D eigenvalue weighted by Crippen LogP contribution is 2.23. The van der Waals surface area contributed by atoms with Crippen molar-refractivity contribution in [1.29, 1.82) is 0 Å². The van der Waals surface area contributed by atoms with Crippen LogP contribution in [0.4, 0.5) is 5.69 Å². The molecule has 0 amide bonds. The van der Waals surface area contributed by atoms with Gasteiger partial charge in [-0.25, -0.2) is 4.79 Å². The molecule has 1 heterocycles. The molecule has 2 aromatic rings. The summed E-state index contributed by atoms with van der Waals surface area (Å²) in [5, 5.41) is 0.552. The Kier molecular flexibility index (Phi) is 4.96. The van der Waals surface area contributed by atoms with E-state index in [-0.39, 0.29) is 12.6 Å². The second kappa shape index (κ2) is 6.54. The molecule has 2 N–H and O–H groups in total. The van der Waals surface area contributed by atoms with E-state index in [0.717, 1.165) is 10.0 Å². The van der Waals surface area contributed by atoms with Crippen LogP contribution in [0.3, 0.4) is 0 Å². The summed E-state index contributed by atoms with van der Waals surface area (Å²) < 4.78 is 8.00. The lowest BCUT2D eigenvalue weighted by Crippen LogP contribution is -2.13. The normalized spacial score (nSPS) is 10.9. The van der Waals surface area contributed by atoms with Crippen molar-refractivity contribution in [3.63, 3.8) is 0 Å². The number of halogens is 2. The van der Waals surface area contributed by atoms with Gasteiger partial charge in [-0.3, -0.25) is 0 Å². The molecule has 21 heavy (non-hydrogen) atoms. The van der Waals surface area contributed by atoms with Gasteiger partial charge in [-0.2, -0.15) is 0 Å². The number of nitrogens with zero attached hydrogens (tertiary/aromatic N) is 1. The molecule has 0 saturated carbocycles. The average Bonchev–Trinajstić information content (AvgIpc) is 2.80. The molecule has 112 valence electrons. The zero-order chi connectivity index (χ0) is 15.6. The number of anilines is 1. The maximum atomic E-state index is 12.2. The first-order valence-corrected chi connectivity index (χ1v) is 7.64. The van der Waals surface area contributed by atoms with Crippen LogP contribution in [0.1, 0.15) is 35.9 Å². The molecule has 0 bridgehead atoms. The first-order chi connectivity index (χ1) is 9.88. The monoisotopic (exact) mass is 370 g/mol. The maximum absolute atomic E-state index is 12.2. The number of hydrogen-bond acceptors (Lipinski definition) is 3. The third kappa shape index (κ3) is 3.80. The number of carbonyl (C=O) groups excluding carboxylic acids is 1. The number of nitrogens with two attached hydrogens (primary N) is 1. The summed E-state index contributed by atoms with van der Waals surface area (Å²) in [4.78, 5) is 12.2. The van der Waals surface area contributed by atoms with Crippen molar-refractivity contribution in [2.45, 2.75) is 26.5 Å². The van der Waals surface area contributed by atoms with Gasteiger partial charge in [-0.15, -0.1) is 0 Å². The Morgan fingerprint density at radius 2 is 2.14 bits per heavy atom. The molecule has 0 aliphatic heterocycles. The Bertz CT molecular complexity index is 668. The molecule has 2 rings (SSSR count). The van der Waals surface area contributed by atoms with E-state index < -0.39 is 5.97 Å². The number of aromatic nitrogens is 1. The molecule has 0 spiro atoms. The van der Waals surface area contributed by atoms with Crippen molar-refractivity contribution < 1.29 is 9.53 Å². The number of ether oxygens (including phenoxy) is 1. The summed E-state index contributed by atoms with van der Waals surface area (Å²) in [5.41, 5.74) is 7.48. The summed E-state index contributed by atoms with van der Waals surface area (Å²) in [6.45, 7) is 4.07. The number of rotatable bonds is 4. The highest BCUT2D eigenvalue weighted by Gasteiger charge is 2.16. The van der Waals surface area contributed by atoms with E-state index in [1.165, 1.54) is 0 Å². The topological polar surface area (TPSA) is 57.2 Å². The van der Waals surface area contributed by atoms with Crippen molar-refractivity contribution in [2.24, 2.45) is 0 Å². The predicted molar refractivity (Wildman–Crippen MR) is 87.5 cm³/mol. The number of nitrogen functional groups attached to an aromatic ring is 1. The Morgan fingerprint density at radius 1 is 1.43 bits per heavy atom. The highest BCUT2D eigenvalue weighted by atomic mass is 79.9. The Balaban J connectivity index is 2.12. The zero-order valence-electron chi connectivity index (χ0n) is 11.8. The lowest BCUT2D eigenvalue weighted by molar-refractivity contribution is 0.0458. The van der Waals surface area contributed by atoms with E-state index in [9.17, 15) is 4.79 Å². The fourth-order valence-corrected chi connectivity index (χ4v) is 2.68. The van der Waals surface area contributed by atoms with E-state index in [0.29, 0.717) is 16.4 Å². The first kappa shape index (κ1) is 15.9. The van der Waals surface area contributed by atoms with E-state index in [1.807, 2.05) is 26.0 Å². The number of esters is 1. The molecular weight excluding hydrogens is 356 g/mol. The fourth-order valence-electron chi connectivity index (χ4n) is 1.95. The summed E-state index contributed by atoms with van der Waals surface area (Å²) in [6, 6.07) is 7.17. The van der Waals surface area contributed by atoms with E-state index >= 15 is 0 Å². The van der Waals surface area contributed by atoms with Crippen molar-refractivity contribution in [2.75, 3.05) is 5.73 Å². The third-order valence-electron chi connectivity index (χ3n) is 3.01. The minimum absolute atomic E-state index is 0.119. The van der Waals surface area contributed by atoms with Gasteiger partial charge in [0.05, 0.1) is 5.69 Å². The van der Waals surface area contributed by atoms with Gasteiger partial charge in [-0.1, -0.05) is 33.6 Å². The lowest BCUT2D eigenvalue weighted by Gasteiger charge is -2.12. The standard InChI is InChI=1S/C15H16BrClN2O2/c1-9(2)19-7-12(18)6-14(19)15(20)21-8-10-3-4-11(16)5-13(10)17/h3-7,9H,8,18H2,1-2H3. The minimum atomic E-state index is -0.417. The van der Waals surface area contributed by atoms with Gasteiger partial charge >= 0.3 is 5.97 Å². The summed E-state index contributed by atoms with van der Waals surface area (Å²) in [5.74, 6) is -0.417. The van der Waals surface area contributed by atoms with Crippen LogP contribution in [-0.4, -0.2) is 10.5 Å². The lowest BCUT2D eigenvalue weighted by atomic mass is 10.2. The number of carbonyl (C=O) groups is 1. The van der Waals surface area contributed by atoms with Crippen molar-refractivity contribution in [3.05, 3.63) is 51.2 Å². The quantitative estimate of drug-likeness (QED) is 0.809. The van der Waals surface area contributed by atoms with Gasteiger partial charge in [0.15, 0.2) is 0 Å². The van der Waals surface area contributed by atoms with Crippen molar-refractivity contribution in [1.82, 2.24) is 4.57 Å². The van der Waals surface area contributed by atoms with Gasteiger partial charge in [0.1, 0.15) is 12.3 Å². The molecule has 0 unspecified atom stereocenters. The van der Waals surface area contributed by atoms with Crippen molar-refractivity contribution in [3.8, 4) is 0 Å². The van der Waals surface area contributed by atoms with Crippen LogP contribution in [0.25, 0.3) is 0 Å². The fraction of sp³-hybridized carbons (Fsp3) is 0.267. The Morgan fingerprint density at radius 3 is 2.76 bits per heavy atom. The van der Waals surface area contributed by atoms with Crippen LogP contribution in [0, 0.1) is 0 Å². The smallest absolute Gasteiger partial charge is 0.355 e. The molecule has 4 nitrogen and oxygen atoms in total. The van der Waals surface area contributed by atoms with Gasteiger partial charge in [0.2, 0.25) is 0 Å². The average molecular weight is 372 g/mol. The second-order valence-corrected chi connectivity index (χ2v) is 6.29. The molecule has 6 heteroatoms. The molecule has 1 aromatic carbocycles. The molecule has 0 aliphatic rings. The number of hydrogen-bond donors (Lipinski definition) is 1. The van der Waals surface area contributed by atoms with Gasteiger partial charge in [0, 0.05) is 27.3 Å². The first-order valence-electron chi connectivity index (χ1n) is 6.47. The maximum Gasteiger partial charge on any atom is 0.355 e. The summed E-state index contributed by atoms with van der Waals surface area (Å²) in [6.07, 6.45) is 1.73. The molecule has 0 fully saturated rings. The van der Waals surface area contributed by atoms with Crippen LogP contribution in [0.15, 0.2) is 34.9 Å². The van der Waals surface area contributed by atoms with Crippen LogP contribution in [-0.2, 0) is 11.3 Å². The second-order valence-electron chi connectivity index (χ2n) is 4.97. The molecule has 0 radical (unpaired) electrons. The van der Waals surface area contributed by atoms with Gasteiger partial charge in [0.25, 0.3) is 0 Å². The van der Waals surface area contributed by atoms with Gasteiger partial charge in [-0.05, 0) is 32.0 Å². The Hall–Kier alpha value is -1.46. The molecule has 1 aromatic heterocycles. The molecule has 0 aliphatic carbocycles. The number of benzene rings is 1. The van der Waals surface area contributed by atoms with Crippen LogP contribution >= 0.6 is 27.5 Å². The van der Waals surface area contributed by atoms with Crippen LogP contribution < -0.4 is 5.73 Å². The largest absolute Gasteiger partial charge is 0.456 e. The zero-order valence-corrected chi connectivity index (χ0v) is 14.1. The molecule has 0 saturated heterocycles. The van der Waals surface area contributed by atoms with Crippen molar-refractivity contribution >= 4 is 39.2 Å². The predicted octanol–water partition coefficient (Wildman–Crippen LogP) is 4.42. The molecular formula is C15H16BrClN2O2. The van der Waals surface area contributed by atoms with Gasteiger partial charge < -0.3 is 15.0 Å². The van der Waals surface area contributed by atoms with E-state index in [2.05, 4.69) is 15.9 Å². The van der Waals surface area contributed by atoms with E-state index in [1.54, 1.807) is 22.9 Å². The highest BCUT2D eigenvalue weighted by molar-refractivity contribution is 9.10. The summed E-state index contributed by atoms with van der Waals surface area (Å²) >= 11 is 9.43. The summed E-state index contributed by atoms with van der Waals surface area (Å²) in [7, 11) is 0. The SMILES string of the molecule is CC(C)n1cc(N)cc1C(=O)OCc1ccc(Br)cc1Cl. The van der Waals surface area contributed by atoms with Crippen LogP contribution in [0.5, 0.6) is 0 Å². The minimum Gasteiger partial charge on any atom is -0.456 e. The van der Waals surface area contributed by atoms with E-state index in [4.69, 9.17) is 22.1 Å². The van der Waals surface area contributed by atoms with Crippen LogP contribution in [0.2, 0.25) is 5.02 Å². The molecule has 0 atom stereocenters. The Labute approximate surface area is 137 Å².